The number of benzene rings is 3. The minimum Gasteiger partial charge on any atom is -0.339 e. The van der Waals surface area contributed by atoms with E-state index in [0.717, 1.165) is 32.1 Å². The SMILES string of the molecule is C[C@H]1O[C@H](c2nn(-c3ccc(Br)cc3)cc2-c2ccc(F)cc2)N(CCc2ccc3c(c2)=CC(=O)N=3)C1=O. The van der Waals surface area contributed by atoms with Crippen molar-refractivity contribution in [2.75, 3.05) is 6.54 Å². The van der Waals surface area contributed by atoms with Crippen molar-refractivity contribution in [3.8, 4) is 16.8 Å². The highest BCUT2D eigenvalue weighted by atomic mass is 79.9. The van der Waals surface area contributed by atoms with Crippen LogP contribution in [0.15, 0.2) is 82.4 Å². The molecule has 1 fully saturated rings. The number of hydrogen-bond donors (Lipinski definition) is 0. The first-order chi connectivity index (χ1) is 18.4. The molecule has 2 aliphatic rings. The Bertz CT molecular complexity index is 1680. The smallest absolute Gasteiger partial charge is 0.270 e. The Morgan fingerprint density at radius 2 is 1.79 bits per heavy atom. The monoisotopic (exact) mass is 572 g/mol. The fraction of sp³-hybridized carbons (Fsp3) is 0.172. The van der Waals surface area contributed by atoms with Crippen LogP contribution in [0.4, 0.5) is 4.39 Å². The van der Waals surface area contributed by atoms with Crippen molar-refractivity contribution in [1.29, 1.82) is 0 Å². The van der Waals surface area contributed by atoms with Crippen LogP contribution in [0.2, 0.25) is 0 Å². The molecule has 0 spiro atoms. The zero-order chi connectivity index (χ0) is 26.4. The number of nitrogens with zero attached hydrogens (tertiary/aromatic N) is 4. The summed E-state index contributed by atoms with van der Waals surface area (Å²) in [6, 6.07) is 19.6. The Balaban J connectivity index is 1.36. The molecule has 3 aromatic carbocycles. The molecule has 0 unspecified atom stereocenters. The lowest BCUT2D eigenvalue weighted by Gasteiger charge is -2.22. The van der Waals surface area contributed by atoms with Gasteiger partial charge in [-0.25, -0.2) is 14.1 Å². The molecule has 38 heavy (non-hydrogen) atoms. The van der Waals surface area contributed by atoms with Crippen LogP contribution in [0.1, 0.15) is 24.4 Å². The van der Waals surface area contributed by atoms with Crippen molar-refractivity contribution in [1.82, 2.24) is 14.7 Å². The van der Waals surface area contributed by atoms with Crippen molar-refractivity contribution >= 4 is 33.8 Å². The van der Waals surface area contributed by atoms with Gasteiger partial charge in [0, 0.05) is 34.1 Å². The predicted molar refractivity (Wildman–Crippen MR) is 142 cm³/mol. The number of hydrogen-bond acceptors (Lipinski definition) is 4. The molecule has 0 aliphatic carbocycles. The van der Waals surface area contributed by atoms with E-state index in [1.807, 2.05) is 48.7 Å². The molecule has 7 nitrogen and oxygen atoms in total. The number of carbonyl (C=O) groups excluding carboxylic acids is 2. The largest absolute Gasteiger partial charge is 0.339 e. The summed E-state index contributed by atoms with van der Waals surface area (Å²) < 4.78 is 22.6. The molecule has 6 rings (SSSR count). The molecule has 3 heterocycles. The van der Waals surface area contributed by atoms with Crippen LogP contribution in [0, 0.1) is 5.82 Å². The molecule has 0 radical (unpaired) electrons. The molecule has 2 amide bonds. The summed E-state index contributed by atoms with van der Waals surface area (Å²) in [7, 11) is 0. The molecule has 0 saturated carbocycles. The van der Waals surface area contributed by atoms with Gasteiger partial charge in [-0.2, -0.15) is 5.10 Å². The second kappa shape index (κ2) is 9.74. The van der Waals surface area contributed by atoms with Gasteiger partial charge in [-0.05, 0) is 73.0 Å². The van der Waals surface area contributed by atoms with Gasteiger partial charge in [0.15, 0.2) is 6.23 Å². The van der Waals surface area contributed by atoms with E-state index < -0.39 is 12.3 Å². The number of fused-ring (bicyclic) bond motifs is 1. The summed E-state index contributed by atoms with van der Waals surface area (Å²) >= 11 is 3.46. The fourth-order valence-electron chi connectivity index (χ4n) is 4.77. The number of ether oxygens (including phenoxy) is 1. The van der Waals surface area contributed by atoms with Gasteiger partial charge >= 0.3 is 0 Å². The van der Waals surface area contributed by atoms with E-state index in [9.17, 15) is 14.0 Å². The van der Waals surface area contributed by atoms with Crippen LogP contribution in [-0.4, -0.2) is 39.1 Å². The Kier molecular flexibility index (Phi) is 6.25. The number of rotatable bonds is 6. The Labute approximate surface area is 226 Å². The zero-order valence-corrected chi connectivity index (χ0v) is 21.9. The Hall–Kier alpha value is -3.95. The molecule has 9 heteroatoms. The predicted octanol–water partition coefficient (Wildman–Crippen LogP) is 3.87. The number of halogens is 2. The van der Waals surface area contributed by atoms with Gasteiger partial charge in [0.2, 0.25) is 0 Å². The van der Waals surface area contributed by atoms with Gasteiger partial charge in [-0.1, -0.05) is 34.1 Å². The van der Waals surface area contributed by atoms with Crippen molar-refractivity contribution in [2.24, 2.45) is 4.99 Å². The van der Waals surface area contributed by atoms with Gasteiger partial charge in [0.1, 0.15) is 17.6 Å². The van der Waals surface area contributed by atoms with Crippen LogP contribution in [0.3, 0.4) is 0 Å². The highest BCUT2D eigenvalue weighted by Gasteiger charge is 2.41. The standard InChI is InChI=1S/C29H22BrFN4O3/c1-17-28(37)34(13-12-18-2-11-25-20(14-18)15-26(36)32-25)29(38-17)27-24(19-3-7-22(31)8-4-19)16-35(33-27)23-9-5-21(30)6-10-23/h2-11,14-17,29H,12-13H2,1H3/t17-,29-/m1/s1. The van der Waals surface area contributed by atoms with Gasteiger partial charge in [-0.3, -0.25) is 9.59 Å². The van der Waals surface area contributed by atoms with E-state index in [2.05, 4.69) is 20.9 Å². The average molecular weight is 573 g/mol. The van der Waals surface area contributed by atoms with Crippen molar-refractivity contribution in [3.05, 3.63) is 105 Å². The van der Waals surface area contributed by atoms with Crippen LogP contribution in [0.25, 0.3) is 22.9 Å². The maximum absolute atomic E-state index is 13.7. The van der Waals surface area contributed by atoms with Crippen LogP contribution in [-0.2, 0) is 20.7 Å². The van der Waals surface area contributed by atoms with Gasteiger partial charge in [-0.15, -0.1) is 0 Å². The molecule has 0 N–H and O–H groups in total. The normalized spacial score (nSPS) is 18.4. The lowest BCUT2D eigenvalue weighted by atomic mass is 10.0. The second-order valence-corrected chi connectivity index (χ2v) is 10.2. The molecule has 1 saturated heterocycles. The molecule has 0 bridgehead atoms. The average Bonchev–Trinajstić information content (AvgIpc) is 3.58. The highest BCUT2D eigenvalue weighted by molar-refractivity contribution is 9.10. The topological polar surface area (TPSA) is 76.8 Å². The maximum atomic E-state index is 13.7. The van der Waals surface area contributed by atoms with Crippen LogP contribution in [0.5, 0.6) is 0 Å². The van der Waals surface area contributed by atoms with Crippen LogP contribution < -0.4 is 10.6 Å². The first-order valence-corrected chi connectivity index (χ1v) is 13.0. The van der Waals surface area contributed by atoms with E-state index in [-0.39, 0.29) is 17.6 Å². The molecule has 4 aromatic rings. The van der Waals surface area contributed by atoms with Crippen molar-refractivity contribution < 1.29 is 18.7 Å². The quantitative estimate of drug-likeness (QED) is 0.351. The number of aromatic nitrogens is 2. The fourth-order valence-corrected chi connectivity index (χ4v) is 5.04. The van der Waals surface area contributed by atoms with Gasteiger partial charge in [0.25, 0.3) is 11.8 Å². The third-order valence-corrected chi connectivity index (χ3v) is 7.24. The number of amides is 2. The van der Waals surface area contributed by atoms with Crippen molar-refractivity contribution in [2.45, 2.75) is 25.7 Å². The Morgan fingerprint density at radius 3 is 2.55 bits per heavy atom. The summed E-state index contributed by atoms with van der Waals surface area (Å²) in [5.41, 5.74) is 3.90. The minimum absolute atomic E-state index is 0.129. The third-order valence-electron chi connectivity index (χ3n) is 6.71. The summed E-state index contributed by atoms with van der Waals surface area (Å²) in [5, 5.41) is 6.30. The molecule has 190 valence electrons. The maximum Gasteiger partial charge on any atom is 0.270 e. The lowest BCUT2D eigenvalue weighted by Crippen LogP contribution is -2.33. The summed E-state index contributed by atoms with van der Waals surface area (Å²) in [6.07, 6.45) is 2.60. The molecular formula is C29H22BrFN4O3. The number of carbonyl (C=O) groups is 2. The highest BCUT2D eigenvalue weighted by Crippen LogP contribution is 2.37. The van der Waals surface area contributed by atoms with E-state index in [1.165, 1.54) is 18.2 Å². The minimum atomic E-state index is -0.716. The second-order valence-electron chi connectivity index (χ2n) is 9.26. The molecule has 1 aromatic heterocycles. The summed E-state index contributed by atoms with van der Waals surface area (Å²) in [5.74, 6) is -0.723. The lowest BCUT2D eigenvalue weighted by molar-refractivity contribution is -0.130. The van der Waals surface area contributed by atoms with E-state index in [4.69, 9.17) is 9.84 Å². The summed E-state index contributed by atoms with van der Waals surface area (Å²) in [6.45, 7) is 2.13. The first-order valence-electron chi connectivity index (χ1n) is 12.2. The van der Waals surface area contributed by atoms with Gasteiger partial charge in [0.05, 0.1) is 11.0 Å². The van der Waals surface area contributed by atoms with E-state index in [0.29, 0.717) is 24.0 Å². The Morgan fingerprint density at radius 1 is 1.03 bits per heavy atom. The van der Waals surface area contributed by atoms with E-state index >= 15 is 0 Å². The molecule has 2 atom stereocenters. The molecular weight excluding hydrogens is 551 g/mol. The zero-order valence-electron chi connectivity index (χ0n) is 20.3. The van der Waals surface area contributed by atoms with E-state index in [1.54, 1.807) is 28.6 Å². The first kappa shape index (κ1) is 24.4. The third kappa shape index (κ3) is 4.59. The van der Waals surface area contributed by atoms with Crippen LogP contribution >= 0.6 is 15.9 Å². The van der Waals surface area contributed by atoms with Gasteiger partial charge < -0.3 is 9.64 Å². The molecule has 2 aliphatic heterocycles. The summed E-state index contributed by atoms with van der Waals surface area (Å²) in [4.78, 5) is 30.5. The van der Waals surface area contributed by atoms with Crippen molar-refractivity contribution in [3.63, 3.8) is 0 Å².